The lowest BCUT2D eigenvalue weighted by molar-refractivity contribution is 0.592. The van der Waals surface area contributed by atoms with Gasteiger partial charge in [0.05, 0.1) is 16.6 Å². The third-order valence-corrected chi connectivity index (χ3v) is 13.2. The lowest BCUT2D eigenvalue weighted by Crippen LogP contribution is -2.27. The molecule has 2 aromatic heterocycles. The predicted octanol–water partition coefficient (Wildman–Crippen LogP) is 10.4. The summed E-state index contributed by atoms with van der Waals surface area (Å²) < 4.78 is 18.7. The predicted molar refractivity (Wildman–Crippen MR) is 208 cm³/mol. The Labute approximate surface area is 283 Å². The first-order chi connectivity index (χ1) is 24.2. The highest BCUT2D eigenvalue weighted by atomic mass is 31.2. The summed E-state index contributed by atoms with van der Waals surface area (Å²) in [5.41, 5.74) is 6.13. The van der Waals surface area contributed by atoms with E-state index in [0.717, 1.165) is 86.9 Å². The van der Waals surface area contributed by atoms with Gasteiger partial charge in [0.15, 0.2) is 7.14 Å². The number of para-hydroxylation sites is 2. The van der Waals surface area contributed by atoms with Gasteiger partial charge in [-0.15, -0.1) is 0 Å². The summed E-state index contributed by atoms with van der Waals surface area (Å²) in [5, 5.41) is 10.2. The van der Waals surface area contributed by atoms with Gasteiger partial charge in [-0.1, -0.05) is 152 Å². The molecule has 10 rings (SSSR count). The molecule has 0 aliphatic heterocycles. The zero-order chi connectivity index (χ0) is 32.5. The number of pyridine rings is 1. The average Bonchev–Trinajstić information content (AvgIpc) is 3.58. The van der Waals surface area contributed by atoms with E-state index >= 15 is 4.57 Å². The molecule has 0 atom stereocenters. The Morgan fingerprint density at radius 3 is 1.61 bits per heavy atom. The van der Waals surface area contributed by atoms with Crippen molar-refractivity contribution in [3.8, 4) is 11.1 Å². The summed E-state index contributed by atoms with van der Waals surface area (Å²) in [5.74, 6) is 0. The molecule has 0 radical (unpaired) electrons. The van der Waals surface area contributed by atoms with Crippen molar-refractivity contribution in [2.24, 2.45) is 0 Å². The molecule has 0 saturated carbocycles. The van der Waals surface area contributed by atoms with Gasteiger partial charge in [-0.3, -0.25) is 4.40 Å². The van der Waals surface area contributed by atoms with Crippen LogP contribution in [0.2, 0.25) is 0 Å². The van der Waals surface area contributed by atoms with Crippen molar-refractivity contribution in [2.75, 3.05) is 0 Å². The first-order valence-electron chi connectivity index (χ1n) is 16.6. The molecule has 0 saturated heterocycles. The summed E-state index contributed by atoms with van der Waals surface area (Å²) in [7, 11) is -3.41. The minimum absolute atomic E-state index is 0.820. The minimum Gasteiger partial charge on any atom is -0.309 e. The van der Waals surface area contributed by atoms with Gasteiger partial charge in [0.1, 0.15) is 5.65 Å². The fraction of sp³-hybridized carbons (Fsp3) is 0. The van der Waals surface area contributed by atoms with Crippen LogP contribution < -0.4 is 15.9 Å². The fourth-order valence-corrected chi connectivity index (χ4v) is 11.0. The highest BCUT2D eigenvalue weighted by Gasteiger charge is 2.35. The van der Waals surface area contributed by atoms with Crippen LogP contribution in [0.25, 0.3) is 71.0 Å². The van der Waals surface area contributed by atoms with Crippen LogP contribution in [0.3, 0.4) is 0 Å². The molecule has 10 aromatic rings. The normalized spacial score (nSPS) is 12.2. The number of imidazole rings is 1. The second kappa shape index (κ2) is 10.8. The Kier molecular flexibility index (Phi) is 6.15. The quantitative estimate of drug-likeness (QED) is 0.141. The number of benzene rings is 8. The lowest BCUT2D eigenvalue weighted by atomic mass is 9.92. The molecule has 0 aliphatic rings. The molecule has 2 heterocycles. The smallest absolute Gasteiger partial charge is 0.172 e. The lowest BCUT2D eigenvalue weighted by Gasteiger charge is -2.26. The molecule has 0 bridgehead atoms. The molecule has 0 fully saturated rings. The Bertz CT molecular complexity index is 2920. The third-order valence-electron chi connectivity index (χ3n) is 10.0. The zero-order valence-corrected chi connectivity index (χ0v) is 27.4. The molecule has 0 amide bonds. The van der Waals surface area contributed by atoms with Crippen LogP contribution in [0.4, 0.5) is 0 Å². The molecule has 3 nitrogen and oxygen atoms in total. The molecule has 0 unspecified atom stereocenters. The van der Waals surface area contributed by atoms with Crippen molar-refractivity contribution in [1.29, 1.82) is 0 Å². The van der Waals surface area contributed by atoms with Gasteiger partial charge < -0.3 is 4.57 Å². The van der Waals surface area contributed by atoms with Crippen LogP contribution in [0.15, 0.2) is 176 Å². The van der Waals surface area contributed by atoms with E-state index in [1.54, 1.807) is 0 Å². The number of fused-ring (bicyclic) bond motifs is 11. The number of nitrogens with zero attached hydrogens (tertiary/aromatic N) is 2. The van der Waals surface area contributed by atoms with Gasteiger partial charge in [0.25, 0.3) is 0 Å². The Morgan fingerprint density at radius 1 is 0.429 bits per heavy atom. The Balaban J connectivity index is 1.41. The van der Waals surface area contributed by atoms with E-state index in [0.29, 0.717) is 0 Å². The van der Waals surface area contributed by atoms with Crippen molar-refractivity contribution < 1.29 is 4.57 Å². The number of hydrogen-bond donors (Lipinski definition) is 0. The fourth-order valence-electron chi connectivity index (χ4n) is 7.89. The summed E-state index contributed by atoms with van der Waals surface area (Å²) in [6.07, 6.45) is 0. The van der Waals surface area contributed by atoms with E-state index in [9.17, 15) is 0 Å². The van der Waals surface area contributed by atoms with Gasteiger partial charge in [0.2, 0.25) is 0 Å². The van der Waals surface area contributed by atoms with Crippen molar-refractivity contribution >= 4 is 83.0 Å². The molecule has 49 heavy (non-hydrogen) atoms. The molecule has 0 aliphatic carbocycles. The van der Waals surface area contributed by atoms with Crippen molar-refractivity contribution in [1.82, 2.24) is 9.38 Å². The van der Waals surface area contributed by atoms with Crippen LogP contribution >= 0.6 is 7.14 Å². The van der Waals surface area contributed by atoms with Crippen molar-refractivity contribution in [2.45, 2.75) is 0 Å². The summed E-state index contributed by atoms with van der Waals surface area (Å²) >= 11 is 0. The molecule has 0 spiro atoms. The average molecular weight is 645 g/mol. The second-order valence-corrected chi connectivity index (χ2v) is 15.3. The third kappa shape index (κ3) is 4.03. The van der Waals surface area contributed by atoms with Crippen LogP contribution in [0, 0.1) is 0 Å². The van der Waals surface area contributed by atoms with Crippen molar-refractivity contribution in [3.05, 3.63) is 176 Å². The highest BCUT2D eigenvalue weighted by Crippen LogP contribution is 2.50. The van der Waals surface area contributed by atoms with Crippen LogP contribution in [0.5, 0.6) is 0 Å². The summed E-state index contributed by atoms with van der Waals surface area (Å²) in [6.45, 7) is 0. The maximum absolute atomic E-state index is 16.4. The van der Waals surface area contributed by atoms with Gasteiger partial charge in [-0.2, -0.15) is 0 Å². The van der Waals surface area contributed by atoms with E-state index in [-0.39, 0.29) is 0 Å². The van der Waals surface area contributed by atoms with Crippen LogP contribution in [-0.4, -0.2) is 9.38 Å². The van der Waals surface area contributed by atoms with E-state index in [1.807, 2.05) is 66.7 Å². The highest BCUT2D eigenvalue weighted by molar-refractivity contribution is 7.86. The standard InChI is InChI=1S/C45H29N2OP/c48-49(31-15-3-1-4-16-31,32-17-5-2-6-18-32)44-37-23-11-8-20-34(37)33-19-7-10-22-36(33)43(44)30-27-28-41-39(29-30)35-21-9-12-24-38(35)45-46-40-25-13-14-26-42(40)47(41)45/h1-29H. The molecular weight excluding hydrogens is 615 g/mol. The topological polar surface area (TPSA) is 34.4 Å². The monoisotopic (exact) mass is 644 g/mol. The number of aromatic nitrogens is 2. The van der Waals surface area contributed by atoms with E-state index < -0.39 is 7.14 Å². The Morgan fingerprint density at radius 2 is 0.939 bits per heavy atom. The van der Waals surface area contributed by atoms with E-state index in [2.05, 4.69) is 114 Å². The maximum atomic E-state index is 16.4. The maximum Gasteiger partial charge on any atom is 0.172 e. The first kappa shape index (κ1) is 28.0. The number of hydrogen-bond acceptors (Lipinski definition) is 2. The number of rotatable bonds is 4. The molecule has 0 N–H and O–H groups in total. The zero-order valence-electron chi connectivity index (χ0n) is 26.5. The van der Waals surface area contributed by atoms with E-state index in [4.69, 9.17) is 4.98 Å². The molecule has 4 heteroatoms. The second-order valence-electron chi connectivity index (χ2n) is 12.6. The Hall–Kier alpha value is -6.02. The SMILES string of the molecule is O=P(c1ccccc1)(c1ccccc1)c1c(-c2ccc3c(c2)c2ccccc2c2nc4ccccc4n32)c2ccccc2c2ccccc12. The summed E-state index contributed by atoms with van der Waals surface area (Å²) in [6, 6.07) is 60.7. The van der Waals surface area contributed by atoms with Gasteiger partial charge in [0, 0.05) is 32.2 Å². The van der Waals surface area contributed by atoms with Gasteiger partial charge in [-0.25, -0.2) is 4.98 Å². The minimum atomic E-state index is -3.41. The van der Waals surface area contributed by atoms with Crippen molar-refractivity contribution in [3.63, 3.8) is 0 Å². The van der Waals surface area contributed by atoms with Crippen LogP contribution in [-0.2, 0) is 4.57 Å². The van der Waals surface area contributed by atoms with Gasteiger partial charge >= 0.3 is 0 Å². The van der Waals surface area contributed by atoms with E-state index in [1.165, 1.54) is 0 Å². The van der Waals surface area contributed by atoms with Crippen LogP contribution in [0.1, 0.15) is 0 Å². The largest absolute Gasteiger partial charge is 0.309 e. The molecule has 8 aromatic carbocycles. The molecule has 230 valence electrons. The van der Waals surface area contributed by atoms with Gasteiger partial charge in [-0.05, 0) is 56.8 Å². The molecular formula is C45H29N2OP. The first-order valence-corrected chi connectivity index (χ1v) is 18.3. The summed E-state index contributed by atoms with van der Waals surface area (Å²) in [4.78, 5) is 5.09.